The van der Waals surface area contributed by atoms with Gasteiger partial charge in [0.05, 0.1) is 12.3 Å². The summed E-state index contributed by atoms with van der Waals surface area (Å²) < 4.78 is 22.3. The van der Waals surface area contributed by atoms with Crippen LogP contribution in [0.1, 0.15) is 5.56 Å². The molecule has 7 heteroatoms. The number of anilines is 1. The molecule has 1 amide bonds. The molecular formula is C12H19N3O3S. The summed E-state index contributed by atoms with van der Waals surface area (Å²) in [6.45, 7) is 0.755. The Hall–Kier alpha value is -1.60. The minimum Gasteiger partial charge on any atom is -0.399 e. The van der Waals surface area contributed by atoms with Gasteiger partial charge in [0, 0.05) is 25.0 Å². The first kappa shape index (κ1) is 15.5. The second-order valence-corrected chi connectivity index (χ2v) is 6.81. The van der Waals surface area contributed by atoms with Gasteiger partial charge in [0.1, 0.15) is 9.84 Å². The molecule has 6 nitrogen and oxygen atoms in total. The topological polar surface area (TPSA) is 106 Å². The van der Waals surface area contributed by atoms with Crippen LogP contribution < -0.4 is 11.5 Å². The summed E-state index contributed by atoms with van der Waals surface area (Å²) in [5.74, 6) is -0.487. The monoisotopic (exact) mass is 285 g/mol. The fraction of sp³-hybridized carbons (Fsp3) is 0.417. The van der Waals surface area contributed by atoms with Gasteiger partial charge < -0.3 is 11.5 Å². The molecule has 1 rings (SSSR count). The zero-order valence-electron chi connectivity index (χ0n) is 10.9. The van der Waals surface area contributed by atoms with Gasteiger partial charge in [-0.05, 0) is 17.7 Å². The Morgan fingerprint density at radius 2 is 1.84 bits per heavy atom. The Morgan fingerprint density at radius 1 is 1.26 bits per heavy atom. The van der Waals surface area contributed by atoms with Crippen molar-refractivity contribution in [3.8, 4) is 0 Å². The molecule has 0 aliphatic heterocycles. The lowest BCUT2D eigenvalue weighted by Gasteiger charge is -2.20. The molecule has 0 radical (unpaired) electrons. The van der Waals surface area contributed by atoms with E-state index in [4.69, 9.17) is 11.5 Å². The highest BCUT2D eigenvalue weighted by Crippen LogP contribution is 2.08. The van der Waals surface area contributed by atoms with Crippen LogP contribution in [0, 0.1) is 0 Å². The van der Waals surface area contributed by atoms with Crippen molar-refractivity contribution in [2.45, 2.75) is 6.54 Å². The highest BCUT2D eigenvalue weighted by Gasteiger charge is 2.12. The standard InChI is InChI=1S/C12H19N3O3S/c1-19(17,18)7-6-15(9-12(14)16)8-10-2-4-11(13)5-3-10/h2-5H,6-9,13H2,1H3,(H2,14,16). The highest BCUT2D eigenvalue weighted by molar-refractivity contribution is 7.90. The molecule has 0 spiro atoms. The normalized spacial score (nSPS) is 11.7. The maximum Gasteiger partial charge on any atom is 0.231 e. The third-order valence-corrected chi connectivity index (χ3v) is 3.47. The molecule has 0 aromatic heterocycles. The van der Waals surface area contributed by atoms with E-state index in [1.54, 1.807) is 17.0 Å². The molecule has 19 heavy (non-hydrogen) atoms. The van der Waals surface area contributed by atoms with E-state index in [1.165, 1.54) is 6.26 Å². The van der Waals surface area contributed by atoms with Crippen LogP contribution in [0.15, 0.2) is 24.3 Å². The average Bonchev–Trinajstić information content (AvgIpc) is 2.27. The van der Waals surface area contributed by atoms with Crippen LogP contribution in [-0.2, 0) is 21.2 Å². The van der Waals surface area contributed by atoms with Gasteiger partial charge in [-0.15, -0.1) is 0 Å². The molecule has 1 aromatic rings. The van der Waals surface area contributed by atoms with Gasteiger partial charge in [-0.1, -0.05) is 12.1 Å². The maximum atomic E-state index is 11.2. The lowest BCUT2D eigenvalue weighted by Crippen LogP contribution is -2.36. The zero-order valence-corrected chi connectivity index (χ0v) is 11.7. The molecule has 1 aromatic carbocycles. The summed E-state index contributed by atoms with van der Waals surface area (Å²) in [7, 11) is -3.07. The summed E-state index contributed by atoms with van der Waals surface area (Å²) in [6, 6.07) is 7.19. The number of benzene rings is 1. The molecule has 0 bridgehead atoms. The van der Waals surface area contributed by atoms with Crippen molar-refractivity contribution < 1.29 is 13.2 Å². The summed E-state index contributed by atoms with van der Waals surface area (Å²) in [5, 5.41) is 0. The first-order valence-electron chi connectivity index (χ1n) is 5.79. The lowest BCUT2D eigenvalue weighted by atomic mass is 10.2. The van der Waals surface area contributed by atoms with Gasteiger partial charge in [-0.2, -0.15) is 0 Å². The molecule has 0 aliphatic carbocycles. The number of amides is 1. The van der Waals surface area contributed by atoms with Gasteiger partial charge in [0.2, 0.25) is 5.91 Å². The Labute approximate surface area is 113 Å². The number of sulfone groups is 1. The van der Waals surface area contributed by atoms with E-state index >= 15 is 0 Å². The molecule has 0 heterocycles. The summed E-state index contributed by atoms with van der Waals surface area (Å²) >= 11 is 0. The summed E-state index contributed by atoms with van der Waals surface area (Å²) in [4.78, 5) is 12.7. The van der Waals surface area contributed by atoms with E-state index in [1.807, 2.05) is 12.1 Å². The highest BCUT2D eigenvalue weighted by atomic mass is 32.2. The van der Waals surface area contributed by atoms with Crippen LogP contribution in [0.3, 0.4) is 0 Å². The number of hydrogen-bond acceptors (Lipinski definition) is 5. The molecule has 0 saturated heterocycles. The van der Waals surface area contributed by atoms with Crippen LogP contribution in [0.25, 0.3) is 0 Å². The van der Waals surface area contributed by atoms with E-state index in [2.05, 4.69) is 0 Å². The molecule has 0 unspecified atom stereocenters. The first-order chi connectivity index (χ1) is 8.76. The van der Waals surface area contributed by atoms with E-state index < -0.39 is 15.7 Å². The smallest absolute Gasteiger partial charge is 0.231 e. The number of nitrogen functional groups attached to an aromatic ring is 1. The van der Waals surface area contributed by atoms with Gasteiger partial charge in [-0.3, -0.25) is 9.69 Å². The van der Waals surface area contributed by atoms with Gasteiger partial charge in [0.15, 0.2) is 0 Å². The van der Waals surface area contributed by atoms with E-state index in [0.717, 1.165) is 5.56 Å². The fourth-order valence-corrected chi connectivity index (χ4v) is 2.20. The fourth-order valence-electron chi connectivity index (χ4n) is 1.61. The average molecular weight is 285 g/mol. The quantitative estimate of drug-likeness (QED) is 0.663. The Morgan fingerprint density at radius 3 is 2.32 bits per heavy atom. The number of hydrogen-bond donors (Lipinski definition) is 2. The van der Waals surface area contributed by atoms with Crippen molar-refractivity contribution >= 4 is 21.4 Å². The number of carbonyl (C=O) groups excluding carboxylic acids is 1. The molecule has 0 fully saturated rings. The van der Waals surface area contributed by atoms with Gasteiger partial charge >= 0.3 is 0 Å². The number of rotatable bonds is 7. The van der Waals surface area contributed by atoms with Crippen molar-refractivity contribution in [2.24, 2.45) is 5.73 Å². The minimum absolute atomic E-state index is 0.00471. The predicted molar refractivity (Wildman–Crippen MR) is 75.0 cm³/mol. The predicted octanol–water partition coefficient (Wildman–Crippen LogP) is -0.399. The minimum atomic E-state index is -3.07. The van der Waals surface area contributed by atoms with Crippen LogP contribution in [0.5, 0.6) is 0 Å². The zero-order chi connectivity index (χ0) is 14.5. The van der Waals surface area contributed by atoms with Crippen LogP contribution >= 0.6 is 0 Å². The maximum absolute atomic E-state index is 11.2. The Kier molecular flexibility index (Phi) is 5.31. The van der Waals surface area contributed by atoms with Crippen LogP contribution in [-0.4, -0.2) is 44.3 Å². The van der Waals surface area contributed by atoms with Crippen molar-refractivity contribution in [1.82, 2.24) is 4.90 Å². The largest absolute Gasteiger partial charge is 0.399 e. The summed E-state index contributed by atoms with van der Waals surface area (Å²) in [5.41, 5.74) is 12.3. The van der Waals surface area contributed by atoms with Gasteiger partial charge in [0.25, 0.3) is 0 Å². The van der Waals surface area contributed by atoms with Crippen LogP contribution in [0.4, 0.5) is 5.69 Å². The molecular weight excluding hydrogens is 266 g/mol. The number of primary amides is 1. The molecule has 0 atom stereocenters. The van der Waals surface area contributed by atoms with Crippen molar-refractivity contribution in [3.63, 3.8) is 0 Å². The molecule has 106 valence electrons. The van der Waals surface area contributed by atoms with E-state index in [0.29, 0.717) is 12.2 Å². The SMILES string of the molecule is CS(=O)(=O)CCN(CC(N)=O)Cc1ccc(N)cc1. The van der Waals surface area contributed by atoms with Crippen molar-refractivity contribution in [1.29, 1.82) is 0 Å². The molecule has 0 aliphatic rings. The second-order valence-electron chi connectivity index (χ2n) is 4.55. The second kappa shape index (κ2) is 6.53. The summed E-state index contributed by atoms with van der Waals surface area (Å²) in [6.07, 6.45) is 1.17. The van der Waals surface area contributed by atoms with Gasteiger partial charge in [-0.25, -0.2) is 8.42 Å². The first-order valence-corrected chi connectivity index (χ1v) is 7.85. The third-order valence-electron chi connectivity index (χ3n) is 2.54. The number of carbonyl (C=O) groups is 1. The van der Waals surface area contributed by atoms with Crippen LogP contribution in [0.2, 0.25) is 0 Å². The number of nitrogens with two attached hydrogens (primary N) is 2. The Bertz CT molecular complexity index is 526. The molecule has 0 saturated carbocycles. The third kappa shape index (κ3) is 6.78. The number of nitrogens with zero attached hydrogens (tertiary/aromatic N) is 1. The van der Waals surface area contributed by atoms with Crippen molar-refractivity contribution in [3.05, 3.63) is 29.8 Å². The molecule has 4 N–H and O–H groups in total. The van der Waals surface area contributed by atoms with E-state index in [-0.39, 0.29) is 18.8 Å². The van der Waals surface area contributed by atoms with E-state index in [9.17, 15) is 13.2 Å². The van der Waals surface area contributed by atoms with Crippen molar-refractivity contribution in [2.75, 3.05) is 30.8 Å². The Balaban J connectivity index is 2.68. The lowest BCUT2D eigenvalue weighted by molar-refractivity contribution is -0.119.